The molecule has 20 heavy (non-hydrogen) atoms. The van der Waals surface area contributed by atoms with Crippen molar-refractivity contribution >= 4 is 27.5 Å². The second kappa shape index (κ2) is 6.54. The number of primary amides is 1. The molecule has 4 nitrogen and oxygen atoms in total. The molecule has 0 atom stereocenters. The Kier molecular flexibility index (Phi) is 4.76. The molecule has 0 bridgehead atoms. The number of rotatable bonds is 5. The lowest BCUT2D eigenvalue weighted by Crippen LogP contribution is -2.11. The number of benzene rings is 2. The maximum Gasteiger partial charge on any atom is 0.248 e. The van der Waals surface area contributed by atoms with Gasteiger partial charge in [0.25, 0.3) is 0 Å². The summed E-state index contributed by atoms with van der Waals surface area (Å²) in [4.78, 5) is 11.0. The Balaban J connectivity index is 1.94. The predicted molar refractivity (Wildman–Crippen MR) is 82.0 cm³/mol. The van der Waals surface area contributed by atoms with Crippen LogP contribution in [0.1, 0.15) is 21.5 Å². The summed E-state index contributed by atoms with van der Waals surface area (Å²) in [6.45, 7) is 0.894. The van der Waals surface area contributed by atoms with E-state index in [-0.39, 0.29) is 0 Å². The highest BCUT2D eigenvalue weighted by Crippen LogP contribution is 2.16. The van der Waals surface area contributed by atoms with Crippen molar-refractivity contribution in [2.45, 2.75) is 13.2 Å². The van der Waals surface area contributed by atoms with Gasteiger partial charge in [-0.05, 0) is 29.8 Å². The Bertz CT molecular complexity index is 612. The van der Waals surface area contributed by atoms with E-state index in [4.69, 9.17) is 16.2 Å². The van der Waals surface area contributed by atoms with Crippen molar-refractivity contribution in [3.8, 4) is 0 Å². The number of halogens is 1. The zero-order chi connectivity index (χ0) is 14.5. The second-order valence-electron chi connectivity index (χ2n) is 4.40. The van der Waals surface area contributed by atoms with Gasteiger partial charge in [0.05, 0.1) is 13.2 Å². The number of carbonyl (C=O) groups is 1. The molecule has 5 heteroatoms. The van der Waals surface area contributed by atoms with Crippen molar-refractivity contribution in [2.75, 3.05) is 5.73 Å². The summed E-state index contributed by atoms with van der Waals surface area (Å²) in [5, 5.41) is 0. The van der Waals surface area contributed by atoms with E-state index in [1.807, 2.05) is 24.3 Å². The fraction of sp³-hybridized carbons (Fsp3) is 0.133. The first kappa shape index (κ1) is 14.6. The monoisotopic (exact) mass is 334 g/mol. The van der Waals surface area contributed by atoms with Crippen LogP contribution < -0.4 is 11.5 Å². The van der Waals surface area contributed by atoms with E-state index in [1.165, 1.54) is 0 Å². The SMILES string of the molecule is NC(=O)c1ccc(COCc2ccc(Br)cc2)c(N)c1. The van der Waals surface area contributed by atoms with Crippen LogP contribution in [0.4, 0.5) is 5.69 Å². The number of ether oxygens (including phenoxy) is 1. The molecule has 0 saturated heterocycles. The summed E-state index contributed by atoms with van der Waals surface area (Å²) in [5.74, 6) is -0.487. The molecule has 0 saturated carbocycles. The first-order valence-corrected chi connectivity index (χ1v) is 6.86. The van der Waals surface area contributed by atoms with Gasteiger partial charge in [-0.15, -0.1) is 0 Å². The molecule has 0 unspecified atom stereocenters. The molecular formula is C15H15BrN2O2. The van der Waals surface area contributed by atoms with Crippen LogP contribution >= 0.6 is 15.9 Å². The molecule has 0 radical (unpaired) electrons. The lowest BCUT2D eigenvalue weighted by Gasteiger charge is -2.08. The lowest BCUT2D eigenvalue weighted by molar-refractivity contribution is 0.0999. The first-order chi connectivity index (χ1) is 9.56. The van der Waals surface area contributed by atoms with Gasteiger partial charge in [-0.25, -0.2) is 0 Å². The fourth-order valence-corrected chi connectivity index (χ4v) is 2.00. The van der Waals surface area contributed by atoms with Crippen LogP contribution in [0.15, 0.2) is 46.9 Å². The van der Waals surface area contributed by atoms with E-state index in [2.05, 4.69) is 15.9 Å². The third-order valence-corrected chi connectivity index (χ3v) is 3.40. The number of amides is 1. The lowest BCUT2D eigenvalue weighted by atomic mass is 10.1. The minimum Gasteiger partial charge on any atom is -0.398 e. The van der Waals surface area contributed by atoms with Gasteiger partial charge in [0.15, 0.2) is 0 Å². The van der Waals surface area contributed by atoms with Crippen LogP contribution in [0, 0.1) is 0 Å². The van der Waals surface area contributed by atoms with Gasteiger partial charge in [0.2, 0.25) is 5.91 Å². The summed E-state index contributed by atoms with van der Waals surface area (Å²) < 4.78 is 6.65. The summed E-state index contributed by atoms with van der Waals surface area (Å²) in [6, 6.07) is 12.9. The molecule has 0 fully saturated rings. The number of nitrogens with two attached hydrogens (primary N) is 2. The largest absolute Gasteiger partial charge is 0.398 e. The molecule has 0 aliphatic carbocycles. The molecule has 0 heterocycles. The fourth-order valence-electron chi connectivity index (χ4n) is 1.74. The average Bonchev–Trinajstić information content (AvgIpc) is 2.42. The summed E-state index contributed by atoms with van der Waals surface area (Å²) >= 11 is 3.38. The molecule has 0 spiro atoms. The highest BCUT2D eigenvalue weighted by Gasteiger charge is 2.05. The van der Waals surface area contributed by atoms with Crippen molar-refractivity contribution < 1.29 is 9.53 Å². The Morgan fingerprint density at radius 3 is 2.40 bits per heavy atom. The van der Waals surface area contributed by atoms with Crippen molar-refractivity contribution in [1.82, 2.24) is 0 Å². The molecule has 2 aromatic rings. The molecule has 104 valence electrons. The van der Waals surface area contributed by atoms with Crippen molar-refractivity contribution in [1.29, 1.82) is 0 Å². The normalized spacial score (nSPS) is 10.4. The van der Waals surface area contributed by atoms with Gasteiger partial charge in [0.1, 0.15) is 0 Å². The standard InChI is InChI=1S/C15H15BrN2O2/c16-13-5-1-10(2-6-13)8-20-9-12-4-3-11(15(18)19)7-14(12)17/h1-7H,8-9,17H2,(H2,18,19). The van der Waals surface area contributed by atoms with E-state index >= 15 is 0 Å². The third kappa shape index (κ3) is 3.82. The Morgan fingerprint density at radius 1 is 1.10 bits per heavy atom. The van der Waals surface area contributed by atoms with Crippen LogP contribution in [-0.4, -0.2) is 5.91 Å². The van der Waals surface area contributed by atoms with E-state index in [0.717, 1.165) is 15.6 Å². The smallest absolute Gasteiger partial charge is 0.248 e. The molecular weight excluding hydrogens is 320 g/mol. The van der Waals surface area contributed by atoms with Gasteiger partial charge >= 0.3 is 0 Å². The summed E-state index contributed by atoms with van der Waals surface area (Å²) in [7, 11) is 0. The Morgan fingerprint density at radius 2 is 1.80 bits per heavy atom. The molecule has 1 amide bonds. The zero-order valence-corrected chi connectivity index (χ0v) is 12.4. The highest BCUT2D eigenvalue weighted by molar-refractivity contribution is 9.10. The maximum atomic E-state index is 11.0. The quantitative estimate of drug-likeness (QED) is 0.825. The number of hydrogen-bond donors (Lipinski definition) is 2. The van der Waals surface area contributed by atoms with Crippen LogP contribution in [0.25, 0.3) is 0 Å². The maximum absolute atomic E-state index is 11.0. The average molecular weight is 335 g/mol. The summed E-state index contributed by atoms with van der Waals surface area (Å²) in [6.07, 6.45) is 0. The number of carbonyl (C=O) groups excluding carboxylic acids is 1. The molecule has 0 aromatic heterocycles. The number of anilines is 1. The van der Waals surface area contributed by atoms with Gasteiger partial charge in [-0.1, -0.05) is 34.1 Å². The Labute approximate surface area is 125 Å². The highest BCUT2D eigenvalue weighted by atomic mass is 79.9. The van der Waals surface area contributed by atoms with E-state index < -0.39 is 5.91 Å². The minimum atomic E-state index is -0.487. The molecule has 2 aromatic carbocycles. The molecule has 4 N–H and O–H groups in total. The molecule has 0 aliphatic rings. The summed E-state index contributed by atoms with van der Waals surface area (Å²) in [5.41, 5.74) is 13.9. The van der Waals surface area contributed by atoms with Crippen LogP contribution in [0.3, 0.4) is 0 Å². The van der Waals surface area contributed by atoms with Crippen LogP contribution in [0.5, 0.6) is 0 Å². The third-order valence-electron chi connectivity index (χ3n) is 2.87. The molecule has 0 aliphatic heterocycles. The van der Waals surface area contributed by atoms with Gasteiger partial charge in [0, 0.05) is 21.3 Å². The van der Waals surface area contributed by atoms with Gasteiger partial charge in [-0.2, -0.15) is 0 Å². The van der Waals surface area contributed by atoms with Crippen molar-refractivity contribution in [3.05, 3.63) is 63.6 Å². The van der Waals surface area contributed by atoms with Gasteiger partial charge in [-0.3, -0.25) is 4.79 Å². The Hall–Kier alpha value is -1.85. The van der Waals surface area contributed by atoms with Crippen LogP contribution in [0.2, 0.25) is 0 Å². The van der Waals surface area contributed by atoms with Gasteiger partial charge < -0.3 is 16.2 Å². The van der Waals surface area contributed by atoms with E-state index in [9.17, 15) is 4.79 Å². The molecule has 2 rings (SSSR count). The zero-order valence-electron chi connectivity index (χ0n) is 10.8. The van der Waals surface area contributed by atoms with E-state index in [0.29, 0.717) is 24.5 Å². The topological polar surface area (TPSA) is 78.3 Å². The van der Waals surface area contributed by atoms with Crippen molar-refractivity contribution in [2.24, 2.45) is 5.73 Å². The minimum absolute atomic E-state index is 0.390. The van der Waals surface area contributed by atoms with E-state index in [1.54, 1.807) is 18.2 Å². The second-order valence-corrected chi connectivity index (χ2v) is 5.31. The number of nitrogen functional groups attached to an aromatic ring is 1. The predicted octanol–water partition coefficient (Wildman–Crippen LogP) is 2.85. The van der Waals surface area contributed by atoms with Crippen molar-refractivity contribution in [3.63, 3.8) is 0 Å². The first-order valence-electron chi connectivity index (χ1n) is 6.06. The van der Waals surface area contributed by atoms with Crippen LogP contribution in [-0.2, 0) is 18.0 Å². The number of hydrogen-bond acceptors (Lipinski definition) is 3.